The van der Waals surface area contributed by atoms with Gasteiger partial charge in [-0.1, -0.05) is 11.5 Å². The van der Waals surface area contributed by atoms with E-state index in [4.69, 9.17) is 4.84 Å². The molecule has 0 aliphatic carbocycles. The van der Waals surface area contributed by atoms with Gasteiger partial charge >= 0.3 is 0 Å². The van der Waals surface area contributed by atoms with E-state index >= 15 is 0 Å². The highest BCUT2D eigenvalue weighted by molar-refractivity contribution is 6.11. The molecule has 2 atom stereocenters. The number of nitrogens with zero attached hydrogens (tertiary/aromatic N) is 1. The smallest absolute Gasteiger partial charge is 0.132 e. The van der Waals surface area contributed by atoms with Gasteiger partial charge in [0.15, 0.2) is 0 Å². The summed E-state index contributed by atoms with van der Waals surface area (Å²) in [7, 11) is 2.16. The fourth-order valence-corrected chi connectivity index (χ4v) is 1.27. The number of hydrogen-bond acceptors (Lipinski definition) is 2. The molecule has 0 saturated heterocycles. The Labute approximate surface area is 56.7 Å². The molecule has 3 heteroatoms. The molecule has 0 spiro atoms. The van der Waals surface area contributed by atoms with Crippen LogP contribution in [0.2, 0.25) is 6.32 Å². The minimum Gasteiger partial charge on any atom is -0.392 e. The molecule has 1 aliphatic heterocycles. The van der Waals surface area contributed by atoms with E-state index in [0.29, 0.717) is 12.0 Å². The highest BCUT2D eigenvalue weighted by atomic mass is 16.6. The first-order valence-corrected chi connectivity index (χ1v) is 3.46. The van der Waals surface area contributed by atoms with Gasteiger partial charge in [0.05, 0.1) is 5.71 Å². The molecule has 0 bridgehead atoms. The van der Waals surface area contributed by atoms with E-state index in [1.807, 2.05) is 6.92 Å². The van der Waals surface area contributed by atoms with E-state index in [2.05, 4.69) is 19.9 Å². The maximum atomic E-state index is 5.06. The molecule has 50 valence electrons. The fourth-order valence-electron chi connectivity index (χ4n) is 1.27. The van der Waals surface area contributed by atoms with Crippen LogP contribution in [0.1, 0.15) is 13.8 Å². The van der Waals surface area contributed by atoms with Crippen molar-refractivity contribution < 1.29 is 4.84 Å². The second kappa shape index (κ2) is 2.42. The quantitative estimate of drug-likeness (QED) is 0.466. The summed E-state index contributed by atoms with van der Waals surface area (Å²) in [5.74, 6) is 0.560. The lowest BCUT2D eigenvalue weighted by Crippen LogP contribution is -2.17. The van der Waals surface area contributed by atoms with Crippen LogP contribution in [-0.2, 0) is 4.84 Å². The predicted molar refractivity (Wildman–Crippen MR) is 40.5 cm³/mol. The van der Waals surface area contributed by atoms with Crippen LogP contribution in [0.3, 0.4) is 0 Å². The minimum atomic E-state index is 0.301. The van der Waals surface area contributed by atoms with E-state index in [-0.39, 0.29) is 0 Å². The van der Waals surface area contributed by atoms with Crippen molar-refractivity contribution in [2.75, 3.05) is 0 Å². The molecule has 0 fully saturated rings. The molecule has 0 N–H and O–H groups in total. The highest BCUT2D eigenvalue weighted by Gasteiger charge is 2.25. The summed E-state index contributed by atoms with van der Waals surface area (Å²) in [4.78, 5) is 5.06. The Balaban J connectivity index is 2.57. The van der Waals surface area contributed by atoms with Crippen LogP contribution in [0.25, 0.3) is 0 Å². The number of oxime groups is 1. The number of hydrogen-bond donors (Lipinski definition) is 0. The minimum absolute atomic E-state index is 0.301. The van der Waals surface area contributed by atoms with E-state index in [1.165, 1.54) is 0 Å². The Kier molecular flexibility index (Phi) is 1.79. The highest BCUT2D eigenvalue weighted by Crippen LogP contribution is 2.19. The molecule has 2 unspecified atom stereocenters. The van der Waals surface area contributed by atoms with E-state index < -0.39 is 0 Å². The third-order valence-corrected chi connectivity index (χ3v) is 1.91. The molecular formula is C6H12BNO. The average molecular weight is 125 g/mol. The first-order valence-electron chi connectivity index (χ1n) is 3.46. The molecule has 0 aromatic heterocycles. The zero-order chi connectivity index (χ0) is 6.85. The van der Waals surface area contributed by atoms with Crippen LogP contribution in [0.5, 0.6) is 0 Å². The van der Waals surface area contributed by atoms with Crippen molar-refractivity contribution in [1.29, 1.82) is 0 Å². The van der Waals surface area contributed by atoms with Gasteiger partial charge in [0.2, 0.25) is 0 Å². The summed E-state index contributed by atoms with van der Waals surface area (Å²) in [5.41, 5.74) is 1.14. The monoisotopic (exact) mass is 125 g/mol. The average Bonchev–Trinajstić information content (AvgIpc) is 2.12. The Hall–Kier alpha value is -0.465. The molecule has 0 aromatic carbocycles. The summed E-state index contributed by atoms with van der Waals surface area (Å²) in [6.45, 7) is 4.09. The van der Waals surface area contributed by atoms with Gasteiger partial charge in [0.25, 0.3) is 0 Å². The van der Waals surface area contributed by atoms with E-state index in [9.17, 15) is 0 Å². The zero-order valence-electron chi connectivity index (χ0n) is 6.22. The van der Waals surface area contributed by atoms with Crippen molar-refractivity contribution in [1.82, 2.24) is 0 Å². The SMILES string of the molecule is BCC1C(C)=NOC1C. The van der Waals surface area contributed by atoms with Gasteiger partial charge < -0.3 is 4.84 Å². The van der Waals surface area contributed by atoms with Crippen molar-refractivity contribution in [3.8, 4) is 0 Å². The summed E-state index contributed by atoms with van der Waals surface area (Å²) < 4.78 is 0. The number of rotatable bonds is 1. The lowest BCUT2D eigenvalue weighted by molar-refractivity contribution is 0.0801. The third kappa shape index (κ3) is 1.09. The van der Waals surface area contributed by atoms with Crippen LogP contribution in [0, 0.1) is 5.92 Å². The molecule has 1 rings (SSSR count). The van der Waals surface area contributed by atoms with Gasteiger partial charge in [0, 0.05) is 5.92 Å². The Morgan fingerprint density at radius 2 is 2.44 bits per heavy atom. The largest absolute Gasteiger partial charge is 0.392 e. The van der Waals surface area contributed by atoms with E-state index in [0.717, 1.165) is 12.0 Å². The zero-order valence-corrected chi connectivity index (χ0v) is 6.22. The molecule has 9 heavy (non-hydrogen) atoms. The van der Waals surface area contributed by atoms with Crippen LogP contribution in [-0.4, -0.2) is 19.7 Å². The Morgan fingerprint density at radius 3 is 2.67 bits per heavy atom. The van der Waals surface area contributed by atoms with Crippen LogP contribution >= 0.6 is 0 Å². The molecule has 1 aliphatic rings. The van der Waals surface area contributed by atoms with Crippen molar-refractivity contribution in [3.05, 3.63) is 0 Å². The summed E-state index contributed by atoms with van der Waals surface area (Å²) in [6.07, 6.45) is 1.44. The summed E-state index contributed by atoms with van der Waals surface area (Å²) >= 11 is 0. The van der Waals surface area contributed by atoms with Crippen LogP contribution < -0.4 is 0 Å². The Bertz CT molecular complexity index is 135. The van der Waals surface area contributed by atoms with Crippen molar-refractivity contribution in [2.24, 2.45) is 11.1 Å². The fraction of sp³-hybridized carbons (Fsp3) is 0.833. The van der Waals surface area contributed by atoms with Gasteiger partial charge in [0.1, 0.15) is 14.0 Å². The van der Waals surface area contributed by atoms with Gasteiger partial charge in [-0.2, -0.15) is 0 Å². The molecular weight excluding hydrogens is 113 g/mol. The van der Waals surface area contributed by atoms with Gasteiger partial charge in [-0.15, -0.1) is 0 Å². The van der Waals surface area contributed by atoms with Crippen molar-refractivity contribution in [2.45, 2.75) is 26.3 Å². The summed E-state index contributed by atoms with van der Waals surface area (Å²) in [5, 5.41) is 3.89. The lowest BCUT2D eigenvalue weighted by Gasteiger charge is -2.09. The third-order valence-electron chi connectivity index (χ3n) is 1.91. The first kappa shape index (κ1) is 6.65. The van der Waals surface area contributed by atoms with Crippen LogP contribution in [0.4, 0.5) is 0 Å². The molecule has 0 radical (unpaired) electrons. The molecule has 2 nitrogen and oxygen atoms in total. The van der Waals surface area contributed by atoms with Crippen LogP contribution in [0.15, 0.2) is 5.16 Å². The van der Waals surface area contributed by atoms with Crippen molar-refractivity contribution in [3.63, 3.8) is 0 Å². The predicted octanol–water partition coefficient (Wildman–Crippen LogP) is 0.449. The molecule has 0 aromatic rings. The maximum Gasteiger partial charge on any atom is 0.132 e. The topological polar surface area (TPSA) is 21.6 Å². The first-order chi connectivity index (χ1) is 4.25. The summed E-state index contributed by atoms with van der Waals surface area (Å²) in [6, 6.07) is 0. The van der Waals surface area contributed by atoms with Crippen molar-refractivity contribution >= 4 is 13.6 Å². The normalized spacial score (nSPS) is 33.8. The second-order valence-electron chi connectivity index (χ2n) is 2.56. The Morgan fingerprint density at radius 1 is 1.78 bits per heavy atom. The molecule has 1 heterocycles. The maximum absolute atomic E-state index is 5.06. The standard InChI is InChI=1S/C6H12BNO/c1-4-6(3-7)5(2)9-8-4/h5-6H,3,7H2,1-2H3. The molecule has 0 amide bonds. The lowest BCUT2D eigenvalue weighted by atomic mass is 9.85. The molecule has 0 saturated carbocycles. The van der Waals surface area contributed by atoms with E-state index in [1.54, 1.807) is 0 Å². The van der Waals surface area contributed by atoms with Gasteiger partial charge in [-0.3, -0.25) is 0 Å². The van der Waals surface area contributed by atoms with Gasteiger partial charge in [-0.05, 0) is 13.8 Å². The van der Waals surface area contributed by atoms with Gasteiger partial charge in [-0.25, -0.2) is 0 Å². The second-order valence-corrected chi connectivity index (χ2v) is 2.56.